The van der Waals surface area contributed by atoms with Gasteiger partial charge in [0.15, 0.2) is 17.0 Å². The fourth-order valence-electron chi connectivity index (χ4n) is 3.00. The summed E-state index contributed by atoms with van der Waals surface area (Å²) in [4.78, 5) is 50.5. The van der Waals surface area contributed by atoms with Gasteiger partial charge < -0.3 is 24.7 Å². The average molecular weight is 455 g/mol. The number of benzene rings is 1. The molecule has 0 bridgehead atoms. The van der Waals surface area contributed by atoms with Crippen LogP contribution >= 0.6 is 0 Å². The topological polar surface area (TPSA) is 155 Å². The Morgan fingerprint density at radius 3 is 2.64 bits per heavy atom. The molecule has 0 aliphatic heterocycles. The highest BCUT2D eigenvalue weighted by atomic mass is 16.5. The van der Waals surface area contributed by atoms with Gasteiger partial charge in [0.25, 0.3) is 0 Å². The summed E-state index contributed by atoms with van der Waals surface area (Å²) >= 11 is 0. The predicted octanol–water partition coefficient (Wildman–Crippen LogP) is 0.925. The van der Waals surface area contributed by atoms with Crippen LogP contribution in [0.25, 0.3) is 11.2 Å². The number of ether oxygens (including phenoxy) is 2. The van der Waals surface area contributed by atoms with Crippen LogP contribution in [0.3, 0.4) is 0 Å². The fraction of sp³-hybridized carbons (Fsp3) is 0.333. The molecule has 0 spiro atoms. The van der Waals surface area contributed by atoms with Crippen LogP contribution in [0.4, 0.5) is 10.6 Å². The second-order valence-electron chi connectivity index (χ2n) is 6.86. The van der Waals surface area contributed by atoms with Crippen LogP contribution in [-0.2, 0) is 32.2 Å². The zero-order chi connectivity index (χ0) is 23.6. The van der Waals surface area contributed by atoms with Gasteiger partial charge in [0.2, 0.25) is 5.91 Å². The number of carbonyl (C=O) groups is 3. The molecule has 0 fully saturated rings. The van der Waals surface area contributed by atoms with Gasteiger partial charge in [-0.15, -0.1) is 0 Å². The van der Waals surface area contributed by atoms with Gasteiger partial charge in [-0.3, -0.25) is 14.9 Å². The Morgan fingerprint density at radius 2 is 1.91 bits per heavy atom. The molecule has 0 atom stereocenters. The number of aromatic nitrogens is 4. The highest BCUT2D eigenvalue weighted by molar-refractivity contribution is 5.93. The number of anilines is 1. The SMILES string of the molecule is CCOC(=O)CN(CCN)C(=O)Cn1cnc2c(NC(=O)OCc3ccccc3)ncnc21. The first kappa shape index (κ1) is 23.6. The van der Waals surface area contributed by atoms with Crippen molar-refractivity contribution in [3.05, 3.63) is 48.5 Å². The third-order valence-corrected chi connectivity index (χ3v) is 4.52. The molecule has 2 aromatic heterocycles. The van der Waals surface area contributed by atoms with Crippen LogP contribution in [0.15, 0.2) is 43.0 Å². The zero-order valence-electron chi connectivity index (χ0n) is 18.1. The highest BCUT2D eigenvalue weighted by Crippen LogP contribution is 2.18. The van der Waals surface area contributed by atoms with Gasteiger partial charge in [0.05, 0.1) is 12.9 Å². The van der Waals surface area contributed by atoms with Crippen LogP contribution in [0.5, 0.6) is 0 Å². The maximum atomic E-state index is 12.7. The molecule has 12 nitrogen and oxygen atoms in total. The second-order valence-corrected chi connectivity index (χ2v) is 6.86. The summed E-state index contributed by atoms with van der Waals surface area (Å²) in [7, 11) is 0. The summed E-state index contributed by atoms with van der Waals surface area (Å²) in [6.45, 7) is 2.05. The van der Waals surface area contributed by atoms with E-state index in [1.807, 2.05) is 30.3 Å². The minimum absolute atomic E-state index is 0.0985. The maximum Gasteiger partial charge on any atom is 0.413 e. The summed E-state index contributed by atoms with van der Waals surface area (Å²) in [6, 6.07) is 9.24. The molecular weight excluding hydrogens is 430 g/mol. The number of carbonyl (C=O) groups excluding carboxylic acids is 3. The summed E-state index contributed by atoms with van der Waals surface area (Å²) in [5.74, 6) is -0.726. The summed E-state index contributed by atoms with van der Waals surface area (Å²) in [5.41, 5.74) is 7.04. The van der Waals surface area contributed by atoms with Crippen molar-refractivity contribution in [2.45, 2.75) is 20.1 Å². The van der Waals surface area contributed by atoms with E-state index in [4.69, 9.17) is 15.2 Å². The van der Waals surface area contributed by atoms with Gasteiger partial charge in [0.1, 0.15) is 26.0 Å². The quantitative estimate of drug-likeness (QED) is 0.425. The second kappa shape index (κ2) is 11.5. The maximum absolute atomic E-state index is 12.7. The smallest absolute Gasteiger partial charge is 0.413 e. The molecule has 0 aliphatic carbocycles. The molecule has 0 aliphatic rings. The Bertz CT molecular complexity index is 1100. The van der Waals surface area contributed by atoms with Crippen molar-refractivity contribution in [1.29, 1.82) is 0 Å². The Kier molecular flexibility index (Phi) is 8.24. The number of esters is 1. The Labute approximate surface area is 189 Å². The van der Waals surface area contributed by atoms with E-state index >= 15 is 0 Å². The van der Waals surface area contributed by atoms with Gasteiger partial charge in [-0.05, 0) is 12.5 Å². The lowest BCUT2D eigenvalue weighted by Gasteiger charge is -2.21. The van der Waals surface area contributed by atoms with Gasteiger partial charge in [0, 0.05) is 13.1 Å². The van der Waals surface area contributed by atoms with Gasteiger partial charge in [-0.25, -0.2) is 19.7 Å². The largest absolute Gasteiger partial charge is 0.465 e. The first-order valence-electron chi connectivity index (χ1n) is 10.3. The fourth-order valence-corrected chi connectivity index (χ4v) is 3.00. The molecule has 0 unspecified atom stereocenters. The molecule has 2 amide bonds. The molecule has 1 aromatic carbocycles. The molecule has 2 heterocycles. The number of rotatable bonds is 10. The van der Waals surface area contributed by atoms with Crippen LogP contribution in [0.1, 0.15) is 12.5 Å². The zero-order valence-corrected chi connectivity index (χ0v) is 18.1. The van der Waals surface area contributed by atoms with Crippen LogP contribution in [-0.4, -0.2) is 68.6 Å². The number of nitrogens with two attached hydrogens (primary N) is 1. The molecule has 12 heteroatoms. The third-order valence-electron chi connectivity index (χ3n) is 4.52. The minimum Gasteiger partial charge on any atom is -0.465 e. The Balaban J connectivity index is 1.68. The molecule has 174 valence electrons. The molecule has 0 saturated heterocycles. The van der Waals surface area contributed by atoms with Crippen molar-refractivity contribution in [2.24, 2.45) is 5.73 Å². The summed E-state index contributed by atoms with van der Waals surface area (Å²) < 4.78 is 11.6. The first-order chi connectivity index (χ1) is 16.0. The van der Waals surface area contributed by atoms with Gasteiger partial charge in [-0.2, -0.15) is 0 Å². The van der Waals surface area contributed by atoms with E-state index in [0.717, 1.165) is 5.56 Å². The average Bonchev–Trinajstić information content (AvgIpc) is 3.22. The molecule has 0 saturated carbocycles. The lowest BCUT2D eigenvalue weighted by Crippen LogP contribution is -2.41. The number of nitrogens with zero attached hydrogens (tertiary/aromatic N) is 5. The third kappa shape index (κ3) is 6.46. The number of imidazole rings is 1. The highest BCUT2D eigenvalue weighted by Gasteiger charge is 2.20. The van der Waals surface area contributed by atoms with Gasteiger partial charge >= 0.3 is 12.1 Å². The van der Waals surface area contributed by atoms with Crippen molar-refractivity contribution in [2.75, 3.05) is 31.6 Å². The van der Waals surface area contributed by atoms with E-state index in [1.165, 1.54) is 22.1 Å². The van der Waals surface area contributed by atoms with Crippen LogP contribution in [0.2, 0.25) is 0 Å². The molecule has 3 aromatic rings. The monoisotopic (exact) mass is 455 g/mol. The van der Waals surface area contributed by atoms with Crippen LogP contribution < -0.4 is 11.1 Å². The molecule has 0 radical (unpaired) electrons. The molecule has 3 rings (SSSR count). The molecular formula is C21H25N7O5. The summed E-state index contributed by atoms with van der Waals surface area (Å²) in [6.07, 6.45) is 1.95. The standard InChI is InChI=1S/C21H25N7O5/c1-2-32-17(30)11-27(9-8-22)16(29)10-28-14-25-18-19(23-13-24-20(18)28)26-21(31)33-12-15-6-4-3-5-7-15/h3-7,13-14H,2,8-12,22H2,1H3,(H,23,24,26,31). The molecule has 33 heavy (non-hydrogen) atoms. The van der Waals surface area contributed by atoms with Crippen molar-refractivity contribution < 1.29 is 23.9 Å². The summed E-state index contributed by atoms with van der Waals surface area (Å²) in [5, 5.41) is 2.54. The number of hydrogen-bond donors (Lipinski definition) is 2. The van der Waals surface area contributed by atoms with E-state index in [0.29, 0.717) is 5.65 Å². The van der Waals surface area contributed by atoms with E-state index in [2.05, 4.69) is 20.3 Å². The molecule has 3 N–H and O–H groups in total. The predicted molar refractivity (Wildman–Crippen MR) is 118 cm³/mol. The first-order valence-corrected chi connectivity index (χ1v) is 10.3. The lowest BCUT2D eigenvalue weighted by atomic mass is 10.2. The number of fused-ring (bicyclic) bond motifs is 1. The van der Waals surface area contributed by atoms with Crippen molar-refractivity contribution in [1.82, 2.24) is 24.4 Å². The van der Waals surface area contributed by atoms with Gasteiger partial charge in [-0.1, -0.05) is 30.3 Å². The number of hydrogen-bond acceptors (Lipinski definition) is 9. The minimum atomic E-state index is -0.701. The Hall–Kier alpha value is -4.06. The van der Waals surface area contributed by atoms with E-state index < -0.39 is 12.1 Å². The Morgan fingerprint density at radius 1 is 1.12 bits per heavy atom. The van der Waals surface area contributed by atoms with E-state index in [1.54, 1.807) is 6.92 Å². The lowest BCUT2D eigenvalue weighted by molar-refractivity contribution is -0.149. The van der Waals surface area contributed by atoms with E-state index in [9.17, 15) is 14.4 Å². The van der Waals surface area contributed by atoms with Crippen LogP contribution in [0, 0.1) is 0 Å². The number of amides is 2. The van der Waals surface area contributed by atoms with Crippen molar-refractivity contribution >= 4 is 35.0 Å². The van der Waals surface area contributed by atoms with E-state index in [-0.39, 0.29) is 56.6 Å². The van der Waals surface area contributed by atoms with Crippen molar-refractivity contribution in [3.63, 3.8) is 0 Å². The normalized spacial score (nSPS) is 10.6. The number of nitrogens with one attached hydrogen (secondary N) is 1. The van der Waals surface area contributed by atoms with Crippen molar-refractivity contribution in [3.8, 4) is 0 Å².